The average molecular weight is 341 g/mol. The van der Waals surface area contributed by atoms with Crippen LogP contribution in [0.15, 0.2) is 4.99 Å². The summed E-state index contributed by atoms with van der Waals surface area (Å²) < 4.78 is 5.69. The molecule has 2 aliphatic rings. The second-order valence-electron chi connectivity index (χ2n) is 3.91. The molecule has 0 radical (unpaired) electrons. The second-order valence-corrected chi connectivity index (χ2v) is 6.17. The first-order valence-electron chi connectivity index (χ1n) is 5.25. The number of benzene rings is 1. The molecule has 0 aromatic heterocycles. The number of amidine groups is 1. The first kappa shape index (κ1) is 13.5. The molecule has 1 fully saturated rings. The van der Waals surface area contributed by atoms with Gasteiger partial charge in [-0.05, 0) is 0 Å². The Labute approximate surface area is 128 Å². The standard InChI is InChI=1S/C10H8Cl3N3O2S/c1-14-10-16-15-9-8(19-10)2-3(11)6(17)4(12)5(13)7(2)18-9/h8-9,15,17H,1H3,(H,14,16)/t8-,9+/m0/s1. The number of halogens is 3. The average Bonchev–Trinajstić information content (AvgIpc) is 2.81. The van der Waals surface area contributed by atoms with Crippen LogP contribution in [0.5, 0.6) is 11.5 Å². The molecule has 0 unspecified atom stereocenters. The second kappa shape index (κ2) is 4.79. The molecule has 102 valence electrons. The summed E-state index contributed by atoms with van der Waals surface area (Å²) in [6.07, 6.45) is -0.363. The maximum atomic E-state index is 9.89. The molecule has 0 aliphatic carbocycles. The van der Waals surface area contributed by atoms with Crippen LogP contribution >= 0.6 is 46.6 Å². The predicted octanol–water partition coefficient (Wildman–Crippen LogP) is 2.94. The van der Waals surface area contributed by atoms with E-state index in [1.807, 2.05) is 0 Å². The summed E-state index contributed by atoms with van der Waals surface area (Å²) in [5.74, 6) is 0.161. The summed E-state index contributed by atoms with van der Waals surface area (Å²) in [7, 11) is 1.67. The molecule has 9 heteroatoms. The molecule has 0 amide bonds. The van der Waals surface area contributed by atoms with Gasteiger partial charge < -0.3 is 9.84 Å². The molecule has 2 aliphatic heterocycles. The Morgan fingerprint density at radius 1 is 1.26 bits per heavy atom. The molecule has 2 heterocycles. The highest BCUT2D eigenvalue weighted by atomic mass is 35.5. The largest absolute Gasteiger partial charge is 0.505 e. The lowest BCUT2D eigenvalue weighted by Gasteiger charge is -2.27. The third-order valence-electron chi connectivity index (χ3n) is 2.86. The van der Waals surface area contributed by atoms with Gasteiger partial charge in [0.05, 0.1) is 10.3 Å². The number of aromatic hydroxyl groups is 1. The van der Waals surface area contributed by atoms with Crippen LogP contribution in [-0.4, -0.2) is 23.5 Å². The molecule has 1 saturated heterocycles. The van der Waals surface area contributed by atoms with E-state index in [0.717, 1.165) is 0 Å². The van der Waals surface area contributed by atoms with Crippen molar-refractivity contribution in [3.8, 4) is 11.5 Å². The summed E-state index contributed by atoms with van der Waals surface area (Å²) in [5.41, 5.74) is 6.48. The molecule has 0 saturated carbocycles. The first-order valence-corrected chi connectivity index (χ1v) is 7.27. The number of ether oxygens (including phenoxy) is 1. The minimum Gasteiger partial charge on any atom is -0.505 e. The fraction of sp³-hybridized carbons (Fsp3) is 0.300. The van der Waals surface area contributed by atoms with Crippen molar-refractivity contribution in [3.05, 3.63) is 20.6 Å². The number of phenolic OH excluding ortho intramolecular Hbond substituents is 1. The van der Waals surface area contributed by atoms with Gasteiger partial charge in [-0.25, -0.2) is 0 Å². The third-order valence-corrected chi connectivity index (χ3v) is 5.31. The lowest BCUT2D eigenvalue weighted by molar-refractivity contribution is 0.178. The van der Waals surface area contributed by atoms with E-state index in [4.69, 9.17) is 39.5 Å². The Bertz CT molecular complexity index is 596. The Morgan fingerprint density at radius 2 is 2.00 bits per heavy atom. The molecular formula is C10H8Cl3N3O2S. The highest BCUT2D eigenvalue weighted by Gasteiger charge is 2.43. The topological polar surface area (TPSA) is 65.9 Å². The molecule has 1 aromatic rings. The quantitative estimate of drug-likeness (QED) is 0.634. The number of nitrogens with zero attached hydrogens (tertiary/aromatic N) is 1. The number of aliphatic imine (C=N–C) groups is 1. The van der Waals surface area contributed by atoms with Crippen LogP contribution in [0.1, 0.15) is 10.8 Å². The van der Waals surface area contributed by atoms with Crippen molar-refractivity contribution >= 4 is 51.7 Å². The van der Waals surface area contributed by atoms with E-state index in [-0.39, 0.29) is 32.3 Å². The van der Waals surface area contributed by atoms with Gasteiger partial charge in [-0.15, -0.1) is 0 Å². The van der Waals surface area contributed by atoms with Crippen molar-refractivity contribution in [2.75, 3.05) is 7.05 Å². The van der Waals surface area contributed by atoms with Gasteiger partial charge in [-0.2, -0.15) is 5.43 Å². The SMILES string of the molecule is CN=C1NN[C@@H]2Oc3c(Cl)c(Cl)c(O)c(Cl)c3[C@@H]2S1. The molecule has 1 aromatic carbocycles. The van der Waals surface area contributed by atoms with Gasteiger partial charge >= 0.3 is 0 Å². The highest BCUT2D eigenvalue weighted by Crippen LogP contribution is 2.56. The monoisotopic (exact) mass is 339 g/mol. The van der Waals surface area contributed by atoms with Gasteiger partial charge in [-0.1, -0.05) is 46.6 Å². The van der Waals surface area contributed by atoms with E-state index in [1.54, 1.807) is 7.05 Å². The summed E-state index contributed by atoms with van der Waals surface area (Å²) >= 11 is 19.6. The normalized spacial score (nSPS) is 26.6. The number of hydrazine groups is 1. The summed E-state index contributed by atoms with van der Waals surface area (Å²) in [6, 6.07) is 0. The number of rotatable bonds is 0. The maximum absolute atomic E-state index is 9.89. The molecule has 0 bridgehead atoms. The molecule has 5 nitrogen and oxygen atoms in total. The van der Waals surface area contributed by atoms with Crippen LogP contribution in [0.25, 0.3) is 0 Å². The van der Waals surface area contributed by atoms with Crippen LogP contribution in [0, 0.1) is 0 Å². The van der Waals surface area contributed by atoms with Gasteiger partial charge in [0.25, 0.3) is 0 Å². The van der Waals surface area contributed by atoms with E-state index < -0.39 is 0 Å². The Balaban J connectivity index is 2.14. The Hall–Kier alpha value is -0.530. The van der Waals surface area contributed by atoms with E-state index in [0.29, 0.717) is 16.5 Å². The van der Waals surface area contributed by atoms with Crippen LogP contribution in [0.4, 0.5) is 0 Å². The smallest absolute Gasteiger partial charge is 0.183 e. The van der Waals surface area contributed by atoms with Crippen LogP contribution in [0.3, 0.4) is 0 Å². The van der Waals surface area contributed by atoms with Gasteiger partial charge in [-0.3, -0.25) is 10.4 Å². The summed E-state index contributed by atoms with van der Waals surface area (Å²) in [4.78, 5) is 4.06. The fourth-order valence-corrected chi connectivity index (χ4v) is 3.85. The number of hydrogen-bond donors (Lipinski definition) is 3. The number of thioether (sulfide) groups is 1. The summed E-state index contributed by atoms with van der Waals surface area (Å²) in [5, 5.41) is 10.7. The maximum Gasteiger partial charge on any atom is 0.183 e. The van der Waals surface area contributed by atoms with Gasteiger partial charge in [0, 0.05) is 12.6 Å². The van der Waals surface area contributed by atoms with Gasteiger partial charge in [0.2, 0.25) is 0 Å². The molecule has 3 N–H and O–H groups in total. The third kappa shape index (κ3) is 1.94. The molecule has 19 heavy (non-hydrogen) atoms. The van der Waals surface area contributed by atoms with Crippen molar-refractivity contribution in [2.24, 2.45) is 4.99 Å². The summed E-state index contributed by atoms with van der Waals surface area (Å²) in [6.45, 7) is 0. The zero-order valence-corrected chi connectivity index (χ0v) is 12.6. The van der Waals surface area contributed by atoms with Gasteiger partial charge in [0.15, 0.2) is 17.1 Å². The van der Waals surface area contributed by atoms with Gasteiger partial charge in [0.1, 0.15) is 15.8 Å². The lowest BCUT2D eigenvalue weighted by Crippen LogP contribution is -2.51. The lowest BCUT2D eigenvalue weighted by atomic mass is 10.1. The minimum atomic E-state index is -0.363. The van der Waals surface area contributed by atoms with Crippen molar-refractivity contribution in [2.45, 2.75) is 11.5 Å². The fourth-order valence-electron chi connectivity index (χ4n) is 1.97. The number of fused-ring (bicyclic) bond motifs is 3. The number of hydrogen-bond acceptors (Lipinski definition) is 5. The zero-order chi connectivity index (χ0) is 13.7. The van der Waals surface area contributed by atoms with Crippen LogP contribution in [0.2, 0.25) is 15.1 Å². The van der Waals surface area contributed by atoms with Crippen LogP contribution in [-0.2, 0) is 0 Å². The molecular weight excluding hydrogens is 333 g/mol. The van der Waals surface area contributed by atoms with E-state index in [1.165, 1.54) is 11.8 Å². The van der Waals surface area contributed by atoms with E-state index >= 15 is 0 Å². The first-order chi connectivity index (χ1) is 9.04. The van der Waals surface area contributed by atoms with Crippen molar-refractivity contribution in [3.63, 3.8) is 0 Å². The molecule has 0 spiro atoms. The predicted molar refractivity (Wildman–Crippen MR) is 77.5 cm³/mol. The van der Waals surface area contributed by atoms with Crippen molar-refractivity contribution < 1.29 is 9.84 Å². The van der Waals surface area contributed by atoms with Crippen molar-refractivity contribution in [1.29, 1.82) is 0 Å². The minimum absolute atomic E-state index is 0.00796. The van der Waals surface area contributed by atoms with Crippen molar-refractivity contribution in [1.82, 2.24) is 10.9 Å². The van der Waals surface area contributed by atoms with E-state index in [2.05, 4.69) is 15.8 Å². The Morgan fingerprint density at radius 3 is 2.68 bits per heavy atom. The van der Waals surface area contributed by atoms with Crippen LogP contribution < -0.4 is 15.6 Å². The number of phenols is 1. The van der Waals surface area contributed by atoms with E-state index in [9.17, 15) is 5.11 Å². The molecule has 2 atom stereocenters. The zero-order valence-electron chi connectivity index (χ0n) is 9.50. The Kier molecular flexibility index (Phi) is 3.39. The highest BCUT2D eigenvalue weighted by molar-refractivity contribution is 8.14. The molecule has 3 rings (SSSR count). The number of nitrogens with one attached hydrogen (secondary N) is 2.